The van der Waals surface area contributed by atoms with Crippen molar-refractivity contribution in [3.63, 3.8) is 0 Å². The zero-order chi connectivity index (χ0) is 27.9. The standard InChI is InChI=1S/C29H41N9O/c1-20(2)37-19-31-24-25(32-27(33-26(24)37)35-14-16-36(17-15-35)28(3,4)5)30-18-21-10-8-9-11-22(21)38-13-12-23(34-38)29(6,7)39/h8-13,19-20,39H,14-18H2,1-7H3,(H,30,32,33). The second kappa shape index (κ2) is 10.2. The lowest BCUT2D eigenvalue weighted by Crippen LogP contribution is -2.53. The minimum absolute atomic E-state index is 0.148. The fourth-order valence-electron chi connectivity index (χ4n) is 4.97. The van der Waals surface area contributed by atoms with Crippen molar-refractivity contribution in [2.24, 2.45) is 0 Å². The van der Waals surface area contributed by atoms with E-state index in [9.17, 15) is 5.11 Å². The van der Waals surface area contributed by atoms with Gasteiger partial charge >= 0.3 is 0 Å². The van der Waals surface area contributed by atoms with Crippen LogP contribution in [0.3, 0.4) is 0 Å². The average molecular weight is 532 g/mol. The number of rotatable bonds is 7. The van der Waals surface area contributed by atoms with Gasteiger partial charge in [-0.2, -0.15) is 15.1 Å². The van der Waals surface area contributed by atoms with Crippen molar-refractivity contribution >= 4 is 22.9 Å². The number of para-hydroxylation sites is 1. The van der Waals surface area contributed by atoms with E-state index >= 15 is 0 Å². The van der Waals surface area contributed by atoms with Crippen LogP contribution in [-0.2, 0) is 12.1 Å². The normalized spacial score (nSPS) is 15.5. The summed E-state index contributed by atoms with van der Waals surface area (Å²) in [6.07, 6.45) is 3.74. The summed E-state index contributed by atoms with van der Waals surface area (Å²) in [5.74, 6) is 1.45. The topological polar surface area (TPSA) is 100 Å². The molecule has 1 aliphatic rings. The molecule has 0 atom stereocenters. The number of imidazole rings is 1. The molecule has 1 saturated heterocycles. The molecule has 5 rings (SSSR count). The van der Waals surface area contributed by atoms with E-state index in [1.807, 2.05) is 41.5 Å². The maximum absolute atomic E-state index is 10.4. The Morgan fingerprint density at radius 1 is 0.974 bits per heavy atom. The van der Waals surface area contributed by atoms with Crippen LogP contribution in [0.1, 0.15) is 65.8 Å². The summed E-state index contributed by atoms with van der Waals surface area (Å²) in [6.45, 7) is 18.8. The van der Waals surface area contributed by atoms with E-state index in [0.29, 0.717) is 12.2 Å². The van der Waals surface area contributed by atoms with E-state index in [4.69, 9.17) is 15.0 Å². The van der Waals surface area contributed by atoms with Gasteiger partial charge in [0.2, 0.25) is 5.95 Å². The van der Waals surface area contributed by atoms with Crippen LogP contribution < -0.4 is 10.2 Å². The van der Waals surface area contributed by atoms with Gasteiger partial charge in [-0.1, -0.05) is 18.2 Å². The first kappa shape index (κ1) is 27.1. The Balaban J connectivity index is 1.45. The molecule has 1 aromatic carbocycles. The van der Waals surface area contributed by atoms with Gasteiger partial charge in [0.05, 0.1) is 17.7 Å². The molecule has 10 nitrogen and oxygen atoms in total. The number of anilines is 2. The van der Waals surface area contributed by atoms with Crippen molar-refractivity contribution < 1.29 is 5.11 Å². The average Bonchev–Trinajstić information content (AvgIpc) is 3.55. The van der Waals surface area contributed by atoms with Crippen molar-refractivity contribution in [2.75, 3.05) is 36.4 Å². The zero-order valence-corrected chi connectivity index (χ0v) is 24.2. The van der Waals surface area contributed by atoms with E-state index in [1.165, 1.54) is 0 Å². The number of benzene rings is 1. The number of nitrogens with zero attached hydrogens (tertiary/aromatic N) is 8. The molecule has 10 heteroatoms. The molecule has 0 bridgehead atoms. The Labute approximate surface area is 230 Å². The smallest absolute Gasteiger partial charge is 0.229 e. The van der Waals surface area contributed by atoms with Gasteiger partial charge in [0.1, 0.15) is 5.60 Å². The molecule has 0 spiro atoms. The highest BCUT2D eigenvalue weighted by molar-refractivity contribution is 5.84. The van der Waals surface area contributed by atoms with E-state index in [2.05, 4.69) is 65.5 Å². The summed E-state index contributed by atoms with van der Waals surface area (Å²) < 4.78 is 3.92. The third kappa shape index (κ3) is 5.62. The van der Waals surface area contributed by atoms with Gasteiger partial charge in [-0.3, -0.25) is 4.90 Å². The van der Waals surface area contributed by atoms with Crippen LogP contribution in [0.15, 0.2) is 42.9 Å². The highest BCUT2D eigenvalue weighted by Gasteiger charge is 2.28. The quantitative estimate of drug-likeness (QED) is 0.363. The fraction of sp³-hybridized carbons (Fsp3) is 0.517. The van der Waals surface area contributed by atoms with Crippen LogP contribution >= 0.6 is 0 Å². The summed E-state index contributed by atoms with van der Waals surface area (Å²) >= 11 is 0. The Kier molecular flexibility index (Phi) is 7.11. The predicted molar refractivity (Wildman–Crippen MR) is 155 cm³/mol. The molecule has 4 heterocycles. The van der Waals surface area contributed by atoms with Gasteiger partial charge in [-0.25, -0.2) is 9.67 Å². The van der Waals surface area contributed by atoms with Crippen LogP contribution in [0.4, 0.5) is 11.8 Å². The monoisotopic (exact) mass is 531 g/mol. The number of aromatic nitrogens is 6. The molecule has 39 heavy (non-hydrogen) atoms. The molecule has 1 fully saturated rings. The molecule has 2 N–H and O–H groups in total. The van der Waals surface area contributed by atoms with Crippen LogP contribution in [0.2, 0.25) is 0 Å². The molecule has 4 aromatic rings. The van der Waals surface area contributed by atoms with Crippen LogP contribution in [0.25, 0.3) is 16.9 Å². The van der Waals surface area contributed by atoms with Crippen molar-refractivity contribution in [2.45, 2.75) is 72.2 Å². The van der Waals surface area contributed by atoms with Crippen LogP contribution in [0, 0.1) is 0 Å². The van der Waals surface area contributed by atoms with Crippen molar-refractivity contribution in [3.05, 3.63) is 54.1 Å². The van der Waals surface area contributed by atoms with Crippen LogP contribution in [-0.4, -0.2) is 71.0 Å². The molecule has 1 aliphatic heterocycles. The van der Waals surface area contributed by atoms with Gasteiger partial charge in [-0.05, 0) is 66.2 Å². The molecule has 0 aliphatic carbocycles. The molecule has 0 radical (unpaired) electrons. The Morgan fingerprint density at radius 3 is 2.33 bits per heavy atom. The van der Waals surface area contributed by atoms with Crippen molar-refractivity contribution in [3.8, 4) is 5.69 Å². The van der Waals surface area contributed by atoms with E-state index < -0.39 is 5.60 Å². The Morgan fingerprint density at radius 2 is 1.69 bits per heavy atom. The minimum atomic E-state index is -1.00. The van der Waals surface area contributed by atoms with E-state index in [1.54, 1.807) is 13.8 Å². The Hall–Kier alpha value is -3.50. The SMILES string of the molecule is CC(C)n1cnc2c(NCc3ccccc3-n3ccc(C(C)(C)O)n3)nc(N3CCN(C(C)(C)C)CC3)nc21. The first-order valence-electron chi connectivity index (χ1n) is 13.8. The minimum Gasteiger partial charge on any atom is -0.384 e. The zero-order valence-electron chi connectivity index (χ0n) is 24.2. The maximum Gasteiger partial charge on any atom is 0.229 e. The molecule has 0 unspecified atom stereocenters. The molecular weight excluding hydrogens is 490 g/mol. The second-order valence-electron chi connectivity index (χ2n) is 12.1. The lowest BCUT2D eigenvalue weighted by Gasteiger charge is -2.42. The number of nitrogens with one attached hydrogen (secondary N) is 1. The van der Waals surface area contributed by atoms with Gasteiger partial charge in [0.15, 0.2) is 17.0 Å². The third-order valence-electron chi connectivity index (χ3n) is 7.38. The Bertz CT molecular complexity index is 1430. The van der Waals surface area contributed by atoms with Crippen molar-refractivity contribution in [1.29, 1.82) is 0 Å². The van der Waals surface area contributed by atoms with Gasteiger partial charge < -0.3 is 19.9 Å². The second-order valence-corrected chi connectivity index (χ2v) is 12.1. The number of piperazine rings is 1. The number of fused-ring (bicyclic) bond motifs is 1. The maximum atomic E-state index is 10.4. The third-order valence-corrected chi connectivity index (χ3v) is 7.38. The predicted octanol–water partition coefficient (Wildman–Crippen LogP) is 4.35. The summed E-state index contributed by atoms with van der Waals surface area (Å²) in [5.41, 5.74) is 3.37. The van der Waals surface area contributed by atoms with E-state index in [0.717, 1.165) is 60.4 Å². The molecule has 3 aromatic heterocycles. The largest absolute Gasteiger partial charge is 0.384 e. The first-order chi connectivity index (χ1) is 18.4. The van der Waals surface area contributed by atoms with Crippen molar-refractivity contribution in [1.82, 2.24) is 34.2 Å². The van der Waals surface area contributed by atoms with Gasteiger partial charge in [0.25, 0.3) is 0 Å². The lowest BCUT2D eigenvalue weighted by molar-refractivity contribution is 0.0734. The summed E-state index contributed by atoms with van der Waals surface area (Å²) in [7, 11) is 0. The number of hydrogen-bond donors (Lipinski definition) is 2. The van der Waals surface area contributed by atoms with Gasteiger partial charge in [0, 0.05) is 50.5 Å². The molecule has 208 valence electrons. The van der Waals surface area contributed by atoms with Gasteiger partial charge in [-0.15, -0.1) is 0 Å². The molecule has 0 amide bonds. The first-order valence-corrected chi connectivity index (χ1v) is 13.8. The number of aliphatic hydroxyl groups is 1. The lowest BCUT2D eigenvalue weighted by atomic mass is 10.1. The summed E-state index contributed by atoms with van der Waals surface area (Å²) in [4.78, 5) is 19.5. The fourth-order valence-corrected chi connectivity index (χ4v) is 4.97. The molecular formula is C29H41N9O. The highest BCUT2D eigenvalue weighted by Crippen LogP contribution is 2.27. The highest BCUT2D eigenvalue weighted by atomic mass is 16.3. The van der Waals surface area contributed by atoms with E-state index in [-0.39, 0.29) is 11.6 Å². The van der Waals surface area contributed by atoms with Crippen LogP contribution in [0.5, 0.6) is 0 Å². The number of hydrogen-bond acceptors (Lipinski definition) is 8. The molecule has 0 saturated carbocycles. The summed E-state index contributed by atoms with van der Waals surface area (Å²) in [5, 5.41) is 18.6. The summed E-state index contributed by atoms with van der Waals surface area (Å²) in [6, 6.07) is 10.2.